The molecule has 162 valence electrons. The van der Waals surface area contributed by atoms with Crippen molar-refractivity contribution in [3.63, 3.8) is 0 Å². The average Bonchev–Trinajstić information content (AvgIpc) is 3.10. The number of nitrogens with one attached hydrogen (secondary N) is 1. The number of amides is 1. The summed E-state index contributed by atoms with van der Waals surface area (Å²) < 4.78 is 8.07. The lowest BCUT2D eigenvalue weighted by molar-refractivity contribution is -0.113. The Labute approximate surface area is 187 Å². The van der Waals surface area contributed by atoms with Gasteiger partial charge < -0.3 is 10.1 Å². The number of nitrogens with zero attached hydrogens (tertiary/aromatic N) is 3. The molecule has 3 rings (SSSR count). The lowest BCUT2D eigenvalue weighted by Gasteiger charge is -2.16. The molecule has 0 fully saturated rings. The van der Waals surface area contributed by atoms with Gasteiger partial charge in [-0.2, -0.15) is 0 Å². The summed E-state index contributed by atoms with van der Waals surface area (Å²) in [5.74, 6) is 1.63. The highest BCUT2D eigenvalue weighted by Crippen LogP contribution is 2.26. The van der Waals surface area contributed by atoms with Gasteiger partial charge in [-0.05, 0) is 63.1 Å². The minimum Gasteiger partial charge on any atom is -0.483 e. The maximum Gasteiger partial charge on any atom is 0.234 e. The highest BCUT2D eigenvalue weighted by atomic mass is 32.2. The van der Waals surface area contributed by atoms with Crippen molar-refractivity contribution in [3.8, 4) is 5.75 Å². The van der Waals surface area contributed by atoms with Gasteiger partial charge in [-0.25, -0.2) is 0 Å². The van der Waals surface area contributed by atoms with Crippen LogP contribution in [-0.4, -0.2) is 26.4 Å². The number of aromatic nitrogens is 3. The lowest BCUT2D eigenvalue weighted by Crippen LogP contribution is -2.15. The van der Waals surface area contributed by atoms with Crippen molar-refractivity contribution in [2.75, 3.05) is 11.1 Å². The van der Waals surface area contributed by atoms with Crippen molar-refractivity contribution in [3.05, 3.63) is 77.6 Å². The van der Waals surface area contributed by atoms with E-state index in [0.717, 1.165) is 28.1 Å². The Balaban J connectivity index is 1.68. The number of aryl methyl sites for hydroxylation is 3. The van der Waals surface area contributed by atoms with Gasteiger partial charge in [-0.15, -0.1) is 16.8 Å². The fourth-order valence-corrected chi connectivity index (χ4v) is 3.98. The highest BCUT2D eigenvalue weighted by molar-refractivity contribution is 7.99. The number of hydrogen-bond acceptors (Lipinski definition) is 5. The average molecular weight is 437 g/mol. The fraction of sp³-hybridized carbons (Fsp3) is 0.292. The molecular weight excluding hydrogens is 408 g/mol. The number of thioether (sulfide) groups is 1. The Kier molecular flexibility index (Phi) is 7.52. The zero-order chi connectivity index (χ0) is 22.4. The first-order valence-electron chi connectivity index (χ1n) is 10.1. The molecule has 0 saturated heterocycles. The molecule has 7 heteroatoms. The van der Waals surface area contributed by atoms with Crippen LogP contribution in [0.4, 0.5) is 5.69 Å². The molecule has 1 heterocycles. The zero-order valence-corrected chi connectivity index (χ0v) is 19.2. The normalized spacial score (nSPS) is 11.7. The topological polar surface area (TPSA) is 69.0 Å². The van der Waals surface area contributed by atoms with E-state index in [4.69, 9.17) is 4.74 Å². The Morgan fingerprint density at radius 1 is 1.13 bits per heavy atom. The molecule has 1 aromatic heterocycles. The summed E-state index contributed by atoms with van der Waals surface area (Å²) in [6, 6.07) is 13.8. The van der Waals surface area contributed by atoms with Crippen LogP contribution in [0.5, 0.6) is 5.75 Å². The van der Waals surface area contributed by atoms with Crippen molar-refractivity contribution < 1.29 is 9.53 Å². The van der Waals surface area contributed by atoms with Crippen LogP contribution in [0.2, 0.25) is 0 Å². The second-order valence-electron chi connectivity index (χ2n) is 7.53. The molecule has 3 aromatic rings. The number of hydrogen-bond donors (Lipinski definition) is 1. The third-order valence-electron chi connectivity index (χ3n) is 4.60. The third kappa shape index (κ3) is 6.21. The first kappa shape index (κ1) is 22.6. The number of benzene rings is 2. The van der Waals surface area contributed by atoms with Crippen molar-refractivity contribution in [2.24, 2.45) is 0 Å². The molecule has 1 amide bonds. The Morgan fingerprint density at radius 3 is 2.45 bits per heavy atom. The molecule has 0 aliphatic heterocycles. The quantitative estimate of drug-likeness (QED) is 0.366. The minimum atomic E-state index is -0.301. The summed E-state index contributed by atoms with van der Waals surface area (Å²) >= 11 is 1.34. The van der Waals surface area contributed by atoms with Gasteiger partial charge in [-0.1, -0.05) is 41.6 Å². The highest BCUT2D eigenvalue weighted by Gasteiger charge is 2.20. The summed E-state index contributed by atoms with van der Waals surface area (Å²) in [6.45, 7) is 12.4. The van der Waals surface area contributed by atoms with E-state index in [0.29, 0.717) is 17.5 Å². The predicted molar refractivity (Wildman–Crippen MR) is 126 cm³/mol. The number of carbonyl (C=O) groups is 1. The van der Waals surface area contributed by atoms with Gasteiger partial charge in [0.05, 0.1) is 5.75 Å². The van der Waals surface area contributed by atoms with Gasteiger partial charge in [0.25, 0.3) is 0 Å². The van der Waals surface area contributed by atoms with Gasteiger partial charge in [0, 0.05) is 12.2 Å². The molecule has 2 aromatic carbocycles. The van der Waals surface area contributed by atoms with Crippen molar-refractivity contribution >= 4 is 23.4 Å². The fourth-order valence-electron chi connectivity index (χ4n) is 3.23. The monoisotopic (exact) mass is 436 g/mol. The summed E-state index contributed by atoms with van der Waals surface area (Å²) in [5, 5.41) is 12.2. The first-order valence-corrected chi connectivity index (χ1v) is 11.1. The Morgan fingerprint density at radius 2 is 1.81 bits per heavy atom. The van der Waals surface area contributed by atoms with E-state index in [1.807, 2.05) is 68.7 Å². The minimum absolute atomic E-state index is 0.0944. The van der Waals surface area contributed by atoms with E-state index in [-0.39, 0.29) is 17.8 Å². The molecule has 0 radical (unpaired) electrons. The molecule has 1 atom stereocenters. The molecular formula is C24H28N4O2S. The van der Waals surface area contributed by atoms with E-state index in [9.17, 15) is 4.79 Å². The Hall–Kier alpha value is -3.06. The maximum absolute atomic E-state index is 12.4. The number of ether oxygens (including phenoxy) is 1. The molecule has 31 heavy (non-hydrogen) atoms. The van der Waals surface area contributed by atoms with E-state index >= 15 is 0 Å². The Bertz CT molecular complexity index is 1040. The first-order chi connectivity index (χ1) is 14.9. The van der Waals surface area contributed by atoms with Crippen LogP contribution in [0, 0.1) is 20.8 Å². The summed E-state index contributed by atoms with van der Waals surface area (Å²) in [5.41, 5.74) is 4.21. The van der Waals surface area contributed by atoms with Crippen molar-refractivity contribution in [1.82, 2.24) is 14.8 Å². The number of anilines is 1. The van der Waals surface area contributed by atoms with Gasteiger partial charge >= 0.3 is 0 Å². The molecule has 0 aliphatic carbocycles. The third-order valence-corrected chi connectivity index (χ3v) is 5.56. The van der Waals surface area contributed by atoms with Crippen molar-refractivity contribution in [2.45, 2.75) is 45.5 Å². The zero-order valence-electron chi connectivity index (χ0n) is 18.4. The van der Waals surface area contributed by atoms with Crippen LogP contribution >= 0.6 is 11.8 Å². The molecule has 6 nitrogen and oxygen atoms in total. The van der Waals surface area contributed by atoms with Crippen LogP contribution < -0.4 is 10.1 Å². The number of allylic oxidation sites excluding steroid dienone is 1. The number of carbonyl (C=O) groups excluding carboxylic acids is 1. The van der Waals surface area contributed by atoms with E-state index in [2.05, 4.69) is 28.2 Å². The van der Waals surface area contributed by atoms with Crippen molar-refractivity contribution in [1.29, 1.82) is 0 Å². The van der Waals surface area contributed by atoms with Crippen LogP contribution in [-0.2, 0) is 11.3 Å². The summed E-state index contributed by atoms with van der Waals surface area (Å²) in [4.78, 5) is 12.4. The van der Waals surface area contributed by atoms with E-state index < -0.39 is 0 Å². The summed E-state index contributed by atoms with van der Waals surface area (Å²) in [7, 11) is 0. The molecule has 0 aliphatic rings. The molecule has 1 N–H and O–H groups in total. The van der Waals surface area contributed by atoms with Crippen LogP contribution in [0.15, 0.2) is 60.3 Å². The van der Waals surface area contributed by atoms with Crippen LogP contribution in [0.1, 0.15) is 35.5 Å². The van der Waals surface area contributed by atoms with Gasteiger partial charge in [0.1, 0.15) is 5.75 Å². The second kappa shape index (κ2) is 10.3. The summed E-state index contributed by atoms with van der Waals surface area (Å²) in [6.07, 6.45) is 1.48. The van der Waals surface area contributed by atoms with Crippen LogP contribution in [0.25, 0.3) is 0 Å². The number of rotatable bonds is 9. The predicted octanol–water partition coefficient (Wildman–Crippen LogP) is 5.26. The van der Waals surface area contributed by atoms with Gasteiger partial charge in [-0.3, -0.25) is 9.36 Å². The molecule has 0 bridgehead atoms. The standard InChI is InChI=1S/C24H28N4O2S/c1-6-11-28-23(19(5)30-21-13-17(3)12-18(4)14-21)26-27-24(28)31-15-22(29)25-20-9-7-16(2)8-10-20/h6-10,12-14,19H,1,11,15H2,2-5H3,(H,25,29). The second-order valence-corrected chi connectivity index (χ2v) is 8.47. The van der Waals surface area contributed by atoms with Crippen LogP contribution in [0.3, 0.4) is 0 Å². The largest absolute Gasteiger partial charge is 0.483 e. The molecule has 0 saturated carbocycles. The maximum atomic E-state index is 12.4. The molecule has 1 unspecified atom stereocenters. The van der Waals surface area contributed by atoms with Gasteiger partial charge in [0.2, 0.25) is 5.91 Å². The van der Waals surface area contributed by atoms with E-state index in [1.165, 1.54) is 11.8 Å². The van der Waals surface area contributed by atoms with Gasteiger partial charge in [0.15, 0.2) is 17.1 Å². The SMILES string of the molecule is C=CCn1c(SCC(=O)Nc2ccc(C)cc2)nnc1C(C)Oc1cc(C)cc(C)c1. The smallest absolute Gasteiger partial charge is 0.234 e. The lowest BCUT2D eigenvalue weighted by atomic mass is 10.1. The van der Waals surface area contributed by atoms with E-state index in [1.54, 1.807) is 6.08 Å². The molecule has 0 spiro atoms.